The summed E-state index contributed by atoms with van der Waals surface area (Å²) in [6, 6.07) is 5.48. The van der Waals surface area contributed by atoms with Crippen molar-refractivity contribution in [2.75, 3.05) is 0 Å². The summed E-state index contributed by atoms with van der Waals surface area (Å²) in [7, 11) is 0. The van der Waals surface area contributed by atoms with Crippen LogP contribution in [0.3, 0.4) is 0 Å². The average Bonchev–Trinajstić information content (AvgIpc) is 2.19. The third kappa shape index (κ3) is 3.90. The van der Waals surface area contributed by atoms with Crippen LogP contribution >= 0.6 is 0 Å². The van der Waals surface area contributed by atoms with Crippen LogP contribution in [0.2, 0.25) is 0 Å². The molecular formula is C9H10N2O4. The van der Waals surface area contributed by atoms with E-state index in [1.54, 1.807) is 0 Å². The molecular weight excluding hydrogens is 200 g/mol. The van der Waals surface area contributed by atoms with Crippen molar-refractivity contribution < 1.29 is 19.8 Å². The van der Waals surface area contributed by atoms with Gasteiger partial charge in [-0.3, -0.25) is 5.41 Å². The first-order valence-corrected chi connectivity index (χ1v) is 3.80. The van der Waals surface area contributed by atoms with E-state index in [0.29, 0.717) is 0 Å². The van der Waals surface area contributed by atoms with Crippen molar-refractivity contribution in [1.82, 2.24) is 0 Å². The Kier molecular flexibility index (Phi) is 5.17. The topological polar surface area (TPSA) is 124 Å². The smallest absolute Gasteiger partial charge is 0.336 e. The average molecular weight is 210 g/mol. The summed E-state index contributed by atoms with van der Waals surface area (Å²) in [5.41, 5.74) is 4.01. The summed E-state index contributed by atoms with van der Waals surface area (Å²) >= 11 is 0. The van der Waals surface area contributed by atoms with Gasteiger partial charge in [0, 0.05) is 0 Å². The molecule has 0 aromatic heterocycles. The highest BCUT2D eigenvalue weighted by molar-refractivity contribution is 6.01. The lowest BCUT2D eigenvalue weighted by Crippen LogP contribution is -2.06. The van der Waals surface area contributed by atoms with Gasteiger partial charge in [-0.1, -0.05) is 12.1 Å². The first-order valence-electron chi connectivity index (χ1n) is 3.80. The Balaban J connectivity index is 0.000000583. The third-order valence-electron chi connectivity index (χ3n) is 1.39. The summed E-state index contributed by atoms with van der Waals surface area (Å²) in [6.45, 7) is 0. The van der Waals surface area contributed by atoms with Crippen LogP contribution in [0.25, 0.3) is 0 Å². The van der Waals surface area contributed by atoms with Crippen molar-refractivity contribution in [3.63, 3.8) is 0 Å². The van der Waals surface area contributed by atoms with Crippen LogP contribution in [0.5, 0.6) is 0 Å². The molecule has 0 aliphatic heterocycles. The molecule has 0 saturated heterocycles. The first-order chi connectivity index (χ1) is 7.04. The lowest BCUT2D eigenvalue weighted by Gasteiger charge is -1.98. The second-order valence-corrected chi connectivity index (χ2v) is 2.32. The highest BCUT2D eigenvalue weighted by Crippen LogP contribution is 2.07. The van der Waals surface area contributed by atoms with Gasteiger partial charge < -0.3 is 15.9 Å². The van der Waals surface area contributed by atoms with Crippen LogP contribution in [0, 0.1) is 5.41 Å². The van der Waals surface area contributed by atoms with E-state index in [-0.39, 0.29) is 11.1 Å². The fraction of sp³-hybridized carbons (Fsp3) is 0. The molecule has 0 aliphatic carbocycles. The molecule has 0 radical (unpaired) electrons. The van der Waals surface area contributed by atoms with Crippen molar-refractivity contribution in [2.24, 2.45) is 5.73 Å². The molecule has 1 aromatic rings. The number of carbonyl (C=O) groups is 2. The van der Waals surface area contributed by atoms with E-state index in [2.05, 4.69) is 5.73 Å². The van der Waals surface area contributed by atoms with E-state index >= 15 is 0 Å². The number of aromatic carboxylic acids is 2. The minimum Gasteiger partial charge on any atom is -0.478 e. The maximum atomic E-state index is 10.5. The zero-order valence-corrected chi connectivity index (χ0v) is 7.68. The quantitative estimate of drug-likeness (QED) is 0.421. The van der Waals surface area contributed by atoms with E-state index in [9.17, 15) is 9.59 Å². The molecule has 0 saturated carbocycles. The lowest BCUT2D eigenvalue weighted by molar-refractivity contribution is 0.0651. The number of carboxylic acids is 2. The number of benzene rings is 1. The first kappa shape index (κ1) is 12.6. The number of rotatable bonds is 2. The zero-order valence-electron chi connectivity index (χ0n) is 7.68. The number of hydrogen-bond donors (Lipinski definition) is 4. The molecule has 1 rings (SSSR count). The van der Waals surface area contributed by atoms with Crippen LogP contribution in [0.15, 0.2) is 24.3 Å². The molecule has 80 valence electrons. The normalized spacial score (nSPS) is 8.27. The molecule has 0 fully saturated rings. The molecule has 0 heterocycles. The Morgan fingerprint density at radius 2 is 1.40 bits per heavy atom. The molecule has 0 aliphatic rings. The SMILES string of the molecule is N=CN.O=C(O)c1ccccc1C(=O)O. The second-order valence-electron chi connectivity index (χ2n) is 2.32. The minimum absolute atomic E-state index is 0.190. The number of carboxylic acid groups (broad SMARTS) is 2. The van der Waals surface area contributed by atoms with Gasteiger partial charge in [0.15, 0.2) is 0 Å². The fourth-order valence-electron chi connectivity index (χ4n) is 0.856. The Bertz CT molecular complexity index is 343. The monoisotopic (exact) mass is 210 g/mol. The van der Waals surface area contributed by atoms with Crippen molar-refractivity contribution in [1.29, 1.82) is 5.41 Å². The Morgan fingerprint density at radius 1 is 1.13 bits per heavy atom. The van der Waals surface area contributed by atoms with E-state index in [1.165, 1.54) is 24.3 Å². The largest absolute Gasteiger partial charge is 0.478 e. The molecule has 0 spiro atoms. The Hall–Kier alpha value is -2.37. The van der Waals surface area contributed by atoms with Gasteiger partial charge in [-0.25, -0.2) is 9.59 Å². The van der Waals surface area contributed by atoms with Gasteiger partial charge in [0.2, 0.25) is 0 Å². The van der Waals surface area contributed by atoms with Gasteiger partial charge >= 0.3 is 11.9 Å². The minimum atomic E-state index is -1.23. The molecule has 6 heteroatoms. The molecule has 5 N–H and O–H groups in total. The van der Waals surface area contributed by atoms with Gasteiger partial charge in [0.05, 0.1) is 17.5 Å². The molecule has 6 nitrogen and oxygen atoms in total. The molecule has 0 bridgehead atoms. The molecule has 15 heavy (non-hydrogen) atoms. The summed E-state index contributed by atoms with van der Waals surface area (Å²) in [5.74, 6) is -2.46. The van der Waals surface area contributed by atoms with Crippen LogP contribution in [-0.2, 0) is 0 Å². The van der Waals surface area contributed by atoms with Gasteiger partial charge in [-0.05, 0) is 12.1 Å². The maximum Gasteiger partial charge on any atom is 0.336 e. The molecule has 0 unspecified atom stereocenters. The van der Waals surface area contributed by atoms with Crippen LogP contribution < -0.4 is 5.73 Å². The van der Waals surface area contributed by atoms with Gasteiger partial charge in [0.25, 0.3) is 0 Å². The summed E-state index contributed by atoms with van der Waals surface area (Å²) < 4.78 is 0. The lowest BCUT2D eigenvalue weighted by atomic mass is 10.1. The van der Waals surface area contributed by atoms with Gasteiger partial charge in [0.1, 0.15) is 0 Å². The van der Waals surface area contributed by atoms with E-state index in [4.69, 9.17) is 15.6 Å². The number of hydrogen-bond acceptors (Lipinski definition) is 3. The Labute approximate surface area is 85.5 Å². The van der Waals surface area contributed by atoms with Crippen LogP contribution in [0.1, 0.15) is 20.7 Å². The number of nitrogens with one attached hydrogen (secondary N) is 1. The molecule has 1 aromatic carbocycles. The van der Waals surface area contributed by atoms with E-state index < -0.39 is 11.9 Å². The Morgan fingerprint density at radius 3 is 1.60 bits per heavy atom. The summed E-state index contributed by atoms with van der Waals surface area (Å²) in [4.78, 5) is 20.9. The summed E-state index contributed by atoms with van der Waals surface area (Å²) in [5, 5.41) is 23.0. The van der Waals surface area contributed by atoms with Crippen LogP contribution in [-0.4, -0.2) is 28.5 Å². The molecule has 0 amide bonds. The van der Waals surface area contributed by atoms with Gasteiger partial charge in [-0.2, -0.15) is 0 Å². The van der Waals surface area contributed by atoms with Crippen molar-refractivity contribution in [3.8, 4) is 0 Å². The maximum absolute atomic E-state index is 10.5. The van der Waals surface area contributed by atoms with Crippen molar-refractivity contribution in [3.05, 3.63) is 35.4 Å². The standard InChI is InChI=1S/C8H6O4.CH4N2/c9-7(10)5-3-1-2-4-6(5)8(11)12;2-1-3/h1-4H,(H,9,10)(H,11,12);1H,(H3,2,3). The highest BCUT2D eigenvalue weighted by atomic mass is 16.4. The van der Waals surface area contributed by atoms with Crippen molar-refractivity contribution in [2.45, 2.75) is 0 Å². The molecule has 0 atom stereocenters. The second kappa shape index (κ2) is 6.14. The van der Waals surface area contributed by atoms with E-state index in [0.717, 1.165) is 6.34 Å². The summed E-state index contributed by atoms with van der Waals surface area (Å²) in [6.07, 6.45) is 0.750. The fourth-order valence-corrected chi connectivity index (χ4v) is 0.856. The number of nitrogens with two attached hydrogens (primary N) is 1. The van der Waals surface area contributed by atoms with E-state index in [1.807, 2.05) is 0 Å². The highest BCUT2D eigenvalue weighted by Gasteiger charge is 2.13. The third-order valence-corrected chi connectivity index (χ3v) is 1.39. The predicted octanol–water partition coefficient (Wildman–Crippen LogP) is 0.635. The predicted molar refractivity (Wildman–Crippen MR) is 53.3 cm³/mol. The van der Waals surface area contributed by atoms with Gasteiger partial charge in [-0.15, -0.1) is 0 Å². The van der Waals surface area contributed by atoms with Crippen molar-refractivity contribution >= 4 is 18.3 Å². The zero-order chi connectivity index (χ0) is 11.8. The van der Waals surface area contributed by atoms with Crippen LogP contribution in [0.4, 0.5) is 0 Å².